The maximum absolute atomic E-state index is 8.81. The van der Waals surface area contributed by atoms with Crippen molar-refractivity contribution >= 4 is 23.2 Å². The van der Waals surface area contributed by atoms with Gasteiger partial charge in [-0.1, -0.05) is 41.4 Å². The van der Waals surface area contributed by atoms with Crippen LogP contribution in [0.5, 0.6) is 0 Å². The minimum Gasteiger partial charge on any atom is -0.306 e. The SMILES string of the molecule is C[C@H](NCc1ccc(C#N)cc1Cl)c1cccc(Cl)c1. The number of halogens is 2. The van der Waals surface area contributed by atoms with Gasteiger partial charge in [-0.25, -0.2) is 0 Å². The molecule has 2 nitrogen and oxygen atoms in total. The first-order chi connectivity index (χ1) is 9.60. The maximum Gasteiger partial charge on any atom is 0.0992 e. The van der Waals surface area contributed by atoms with Crippen LogP contribution in [0.4, 0.5) is 0 Å². The predicted octanol–water partition coefficient (Wildman–Crippen LogP) is 4.72. The van der Waals surface area contributed by atoms with Crippen molar-refractivity contribution in [1.82, 2.24) is 5.32 Å². The highest BCUT2D eigenvalue weighted by molar-refractivity contribution is 6.31. The van der Waals surface area contributed by atoms with Crippen LogP contribution in [0.1, 0.15) is 29.7 Å². The second-order valence-electron chi connectivity index (χ2n) is 4.58. The zero-order valence-electron chi connectivity index (χ0n) is 11.0. The van der Waals surface area contributed by atoms with Crippen LogP contribution in [0, 0.1) is 11.3 Å². The van der Waals surface area contributed by atoms with Crippen molar-refractivity contribution in [3.63, 3.8) is 0 Å². The summed E-state index contributed by atoms with van der Waals surface area (Å²) in [5.74, 6) is 0. The maximum atomic E-state index is 8.81. The van der Waals surface area contributed by atoms with Crippen LogP contribution >= 0.6 is 23.2 Å². The fourth-order valence-electron chi connectivity index (χ4n) is 1.92. The Labute approximate surface area is 128 Å². The highest BCUT2D eigenvalue weighted by Gasteiger charge is 2.07. The molecule has 0 aliphatic carbocycles. The van der Waals surface area contributed by atoms with E-state index in [0.717, 1.165) is 16.1 Å². The van der Waals surface area contributed by atoms with Crippen LogP contribution in [-0.2, 0) is 6.54 Å². The number of nitrogens with zero attached hydrogens (tertiary/aromatic N) is 1. The van der Waals surface area contributed by atoms with Gasteiger partial charge in [-0.05, 0) is 42.3 Å². The standard InChI is InChI=1S/C16H14Cl2N2/c1-11(13-3-2-4-15(17)8-13)20-10-14-6-5-12(9-19)7-16(14)18/h2-8,11,20H,10H2,1H3/t11-/m0/s1. The summed E-state index contributed by atoms with van der Waals surface area (Å²) in [6.07, 6.45) is 0. The second kappa shape index (κ2) is 6.76. The van der Waals surface area contributed by atoms with Gasteiger partial charge in [0.25, 0.3) is 0 Å². The summed E-state index contributed by atoms with van der Waals surface area (Å²) in [6, 6.07) is 15.3. The molecule has 0 saturated carbocycles. The van der Waals surface area contributed by atoms with Gasteiger partial charge in [-0.15, -0.1) is 0 Å². The molecule has 0 bridgehead atoms. The van der Waals surface area contributed by atoms with Crippen LogP contribution < -0.4 is 5.32 Å². The van der Waals surface area contributed by atoms with Crippen LogP contribution in [0.2, 0.25) is 10.0 Å². The van der Waals surface area contributed by atoms with Crippen LogP contribution in [-0.4, -0.2) is 0 Å². The molecule has 4 heteroatoms. The molecule has 2 aromatic carbocycles. The molecule has 0 spiro atoms. The number of benzene rings is 2. The zero-order chi connectivity index (χ0) is 14.5. The molecule has 0 aromatic heterocycles. The number of nitrogens with one attached hydrogen (secondary N) is 1. The van der Waals surface area contributed by atoms with Gasteiger partial charge >= 0.3 is 0 Å². The lowest BCUT2D eigenvalue weighted by Crippen LogP contribution is -2.18. The van der Waals surface area contributed by atoms with Crippen molar-refractivity contribution < 1.29 is 0 Å². The molecule has 2 rings (SSSR count). The second-order valence-corrected chi connectivity index (χ2v) is 5.42. The van der Waals surface area contributed by atoms with Crippen molar-refractivity contribution in [2.45, 2.75) is 19.5 Å². The lowest BCUT2D eigenvalue weighted by molar-refractivity contribution is 0.575. The van der Waals surface area contributed by atoms with Gasteiger partial charge in [0.1, 0.15) is 0 Å². The first-order valence-electron chi connectivity index (χ1n) is 6.27. The van der Waals surface area contributed by atoms with Gasteiger partial charge < -0.3 is 5.32 Å². The van der Waals surface area contributed by atoms with E-state index >= 15 is 0 Å². The minimum atomic E-state index is 0.167. The molecule has 2 aromatic rings. The Morgan fingerprint density at radius 1 is 1.20 bits per heavy atom. The highest BCUT2D eigenvalue weighted by atomic mass is 35.5. The van der Waals surface area contributed by atoms with E-state index in [-0.39, 0.29) is 6.04 Å². The van der Waals surface area contributed by atoms with Gasteiger partial charge in [0.2, 0.25) is 0 Å². The van der Waals surface area contributed by atoms with E-state index < -0.39 is 0 Å². The fraction of sp³-hybridized carbons (Fsp3) is 0.188. The summed E-state index contributed by atoms with van der Waals surface area (Å²) >= 11 is 12.1. The van der Waals surface area contributed by atoms with Crippen molar-refractivity contribution in [1.29, 1.82) is 5.26 Å². The molecule has 0 saturated heterocycles. The van der Waals surface area contributed by atoms with Gasteiger partial charge in [-0.3, -0.25) is 0 Å². The average Bonchev–Trinajstić information content (AvgIpc) is 2.45. The lowest BCUT2D eigenvalue weighted by Gasteiger charge is -2.15. The molecular formula is C16H14Cl2N2. The molecule has 1 N–H and O–H groups in total. The van der Waals surface area contributed by atoms with Gasteiger partial charge in [-0.2, -0.15) is 5.26 Å². The molecule has 0 unspecified atom stereocenters. The third-order valence-corrected chi connectivity index (χ3v) is 3.72. The normalized spacial score (nSPS) is 11.9. The smallest absolute Gasteiger partial charge is 0.0992 e. The minimum absolute atomic E-state index is 0.167. The first-order valence-corrected chi connectivity index (χ1v) is 7.03. The van der Waals surface area contributed by atoms with Crippen molar-refractivity contribution in [3.05, 3.63) is 69.2 Å². The summed E-state index contributed by atoms with van der Waals surface area (Å²) in [5, 5.41) is 13.5. The summed E-state index contributed by atoms with van der Waals surface area (Å²) in [6.45, 7) is 2.71. The molecule has 0 heterocycles. The zero-order valence-corrected chi connectivity index (χ0v) is 12.5. The van der Waals surface area contributed by atoms with Crippen LogP contribution in [0.25, 0.3) is 0 Å². The number of hydrogen-bond acceptors (Lipinski definition) is 2. The average molecular weight is 305 g/mol. The Hall–Kier alpha value is -1.53. The summed E-state index contributed by atoms with van der Waals surface area (Å²) in [5.41, 5.74) is 2.67. The van der Waals surface area contributed by atoms with E-state index in [1.807, 2.05) is 30.3 Å². The van der Waals surface area contributed by atoms with Crippen molar-refractivity contribution in [2.24, 2.45) is 0 Å². The van der Waals surface area contributed by atoms with Gasteiger partial charge in [0.05, 0.1) is 11.6 Å². The number of rotatable bonds is 4. The summed E-state index contributed by atoms with van der Waals surface area (Å²) < 4.78 is 0. The van der Waals surface area contributed by atoms with E-state index in [4.69, 9.17) is 28.5 Å². The van der Waals surface area contributed by atoms with E-state index in [0.29, 0.717) is 17.1 Å². The van der Waals surface area contributed by atoms with Gasteiger partial charge in [0, 0.05) is 22.6 Å². The van der Waals surface area contributed by atoms with Crippen molar-refractivity contribution in [2.75, 3.05) is 0 Å². The quantitative estimate of drug-likeness (QED) is 0.887. The van der Waals surface area contributed by atoms with Crippen LogP contribution in [0.15, 0.2) is 42.5 Å². The molecule has 0 radical (unpaired) electrons. The third kappa shape index (κ3) is 3.74. The Morgan fingerprint density at radius 3 is 2.65 bits per heavy atom. The Morgan fingerprint density at radius 2 is 2.00 bits per heavy atom. The lowest BCUT2D eigenvalue weighted by atomic mass is 10.1. The molecule has 20 heavy (non-hydrogen) atoms. The Kier molecular flexibility index (Phi) is 5.03. The predicted molar refractivity (Wildman–Crippen MR) is 82.9 cm³/mol. The molecule has 1 atom stereocenters. The highest BCUT2D eigenvalue weighted by Crippen LogP contribution is 2.20. The Balaban J connectivity index is 2.04. The molecule has 0 fully saturated rings. The van der Waals surface area contributed by atoms with E-state index in [1.165, 1.54) is 0 Å². The van der Waals surface area contributed by atoms with Gasteiger partial charge in [0.15, 0.2) is 0 Å². The van der Waals surface area contributed by atoms with Crippen molar-refractivity contribution in [3.8, 4) is 6.07 Å². The molecular weight excluding hydrogens is 291 g/mol. The Bertz CT molecular complexity index is 647. The van der Waals surface area contributed by atoms with Crippen LogP contribution in [0.3, 0.4) is 0 Å². The fourth-order valence-corrected chi connectivity index (χ4v) is 2.36. The number of hydrogen-bond donors (Lipinski definition) is 1. The third-order valence-electron chi connectivity index (χ3n) is 3.13. The topological polar surface area (TPSA) is 35.8 Å². The molecule has 0 aliphatic heterocycles. The monoisotopic (exact) mass is 304 g/mol. The molecule has 102 valence electrons. The van der Waals surface area contributed by atoms with E-state index in [1.54, 1.807) is 12.1 Å². The largest absolute Gasteiger partial charge is 0.306 e. The number of nitriles is 1. The van der Waals surface area contributed by atoms with E-state index in [9.17, 15) is 0 Å². The molecule has 0 aliphatic rings. The van der Waals surface area contributed by atoms with E-state index in [2.05, 4.69) is 18.3 Å². The summed E-state index contributed by atoms with van der Waals surface area (Å²) in [7, 11) is 0. The summed E-state index contributed by atoms with van der Waals surface area (Å²) in [4.78, 5) is 0. The first kappa shape index (κ1) is 14.9. The molecule has 0 amide bonds.